The van der Waals surface area contributed by atoms with Crippen molar-refractivity contribution in [1.29, 1.82) is 0 Å². The van der Waals surface area contributed by atoms with Gasteiger partial charge in [0.05, 0.1) is 11.5 Å². The second kappa shape index (κ2) is 5.22. The van der Waals surface area contributed by atoms with Crippen molar-refractivity contribution in [2.75, 3.05) is 6.61 Å². The molecule has 1 unspecified atom stereocenters. The van der Waals surface area contributed by atoms with Crippen LogP contribution in [-0.2, 0) is 9.53 Å². The number of ether oxygens (including phenoxy) is 1. The minimum Gasteiger partial charge on any atom is -0.481 e. The number of carboxylic acids is 1. The molecular weight excluding hydrogens is 168 g/mol. The number of rotatable bonds is 5. The summed E-state index contributed by atoms with van der Waals surface area (Å²) < 4.78 is 5.45. The smallest absolute Gasteiger partial charge is 0.306 e. The Hall–Kier alpha value is -0.570. The summed E-state index contributed by atoms with van der Waals surface area (Å²) >= 11 is 0. The van der Waals surface area contributed by atoms with Crippen LogP contribution in [0.4, 0.5) is 0 Å². The lowest BCUT2D eigenvalue weighted by Gasteiger charge is -2.20. The molecule has 13 heavy (non-hydrogen) atoms. The Labute approximate surface area is 80.1 Å². The molecule has 0 bridgehead atoms. The number of carboxylic acid groups (broad SMARTS) is 1. The zero-order valence-corrected chi connectivity index (χ0v) is 8.96. The average Bonchev–Trinajstić information content (AvgIpc) is 1.95. The second-order valence-corrected chi connectivity index (χ2v) is 4.19. The van der Waals surface area contributed by atoms with E-state index in [0.29, 0.717) is 19.4 Å². The second-order valence-electron chi connectivity index (χ2n) is 4.19. The molecule has 0 aliphatic heterocycles. The quantitative estimate of drug-likeness (QED) is 0.720. The topological polar surface area (TPSA) is 46.5 Å². The van der Waals surface area contributed by atoms with Gasteiger partial charge in [0.25, 0.3) is 0 Å². The SMILES string of the molecule is CCC(CCOC(C)(C)C)C(=O)O. The van der Waals surface area contributed by atoms with Crippen LogP contribution in [0.2, 0.25) is 0 Å². The van der Waals surface area contributed by atoms with Crippen LogP contribution in [0.5, 0.6) is 0 Å². The fourth-order valence-corrected chi connectivity index (χ4v) is 1.01. The van der Waals surface area contributed by atoms with E-state index < -0.39 is 5.97 Å². The van der Waals surface area contributed by atoms with E-state index in [1.807, 2.05) is 27.7 Å². The fraction of sp³-hybridized carbons (Fsp3) is 0.900. The van der Waals surface area contributed by atoms with Crippen molar-refractivity contribution >= 4 is 5.97 Å². The lowest BCUT2D eigenvalue weighted by Crippen LogP contribution is -2.22. The third kappa shape index (κ3) is 6.58. The van der Waals surface area contributed by atoms with Gasteiger partial charge in [-0.25, -0.2) is 0 Å². The van der Waals surface area contributed by atoms with E-state index >= 15 is 0 Å². The van der Waals surface area contributed by atoms with Crippen LogP contribution in [0.15, 0.2) is 0 Å². The highest BCUT2D eigenvalue weighted by Crippen LogP contribution is 2.12. The molecule has 0 saturated carbocycles. The van der Waals surface area contributed by atoms with Crippen molar-refractivity contribution in [2.24, 2.45) is 5.92 Å². The number of carbonyl (C=O) groups is 1. The zero-order valence-electron chi connectivity index (χ0n) is 8.96. The summed E-state index contributed by atoms with van der Waals surface area (Å²) in [7, 11) is 0. The van der Waals surface area contributed by atoms with Gasteiger partial charge in [0.2, 0.25) is 0 Å². The van der Waals surface area contributed by atoms with Gasteiger partial charge in [0.15, 0.2) is 0 Å². The van der Waals surface area contributed by atoms with Gasteiger partial charge in [-0.2, -0.15) is 0 Å². The zero-order chi connectivity index (χ0) is 10.5. The van der Waals surface area contributed by atoms with Gasteiger partial charge < -0.3 is 9.84 Å². The molecule has 0 aliphatic carbocycles. The van der Waals surface area contributed by atoms with E-state index in [0.717, 1.165) is 0 Å². The van der Waals surface area contributed by atoms with Crippen LogP contribution in [-0.4, -0.2) is 23.3 Å². The largest absolute Gasteiger partial charge is 0.481 e. The minimum atomic E-state index is -0.722. The molecule has 0 fully saturated rings. The number of aliphatic carboxylic acids is 1. The van der Waals surface area contributed by atoms with Crippen molar-refractivity contribution in [1.82, 2.24) is 0 Å². The van der Waals surface area contributed by atoms with Gasteiger partial charge in [0.1, 0.15) is 0 Å². The van der Waals surface area contributed by atoms with Crippen LogP contribution in [0.3, 0.4) is 0 Å². The maximum absolute atomic E-state index is 10.6. The summed E-state index contributed by atoms with van der Waals surface area (Å²) in [5.74, 6) is -0.984. The Balaban J connectivity index is 3.68. The van der Waals surface area contributed by atoms with E-state index in [1.165, 1.54) is 0 Å². The molecule has 0 spiro atoms. The summed E-state index contributed by atoms with van der Waals surface area (Å²) in [5, 5.41) is 8.75. The first-order valence-electron chi connectivity index (χ1n) is 4.73. The highest BCUT2D eigenvalue weighted by Gasteiger charge is 2.16. The van der Waals surface area contributed by atoms with Crippen LogP contribution < -0.4 is 0 Å². The van der Waals surface area contributed by atoms with Crippen LogP contribution >= 0.6 is 0 Å². The Morgan fingerprint density at radius 3 is 2.31 bits per heavy atom. The van der Waals surface area contributed by atoms with Gasteiger partial charge in [0, 0.05) is 6.61 Å². The monoisotopic (exact) mass is 188 g/mol. The summed E-state index contributed by atoms with van der Waals surface area (Å²) in [5.41, 5.74) is -0.170. The molecule has 0 saturated heterocycles. The summed E-state index contributed by atoms with van der Waals surface area (Å²) in [6.07, 6.45) is 1.27. The minimum absolute atomic E-state index is 0.170. The molecule has 1 atom stereocenters. The van der Waals surface area contributed by atoms with Crippen molar-refractivity contribution in [3.8, 4) is 0 Å². The van der Waals surface area contributed by atoms with E-state index in [9.17, 15) is 4.79 Å². The van der Waals surface area contributed by atoms with E-state index in [-0.39, 0.29) is 11.5 Å². The van der Waals surface area contributed by atoms with Gasteiger partial charge in [-0.15, -0.1) is 0 Å². The summed E-state index contributed by atoms with van der Waals surface area (Å²) in [6, 6.07) is 0. The summed E-state index contributed by atoms with van der Waals surface area (Å²) in [4.78, 5) is 10.6. The molecule has 0 aromatic heterocycles. The lowest BCUT2D eigenvalue weighted by molar-refractivity contribution is -0.143. The lowest BCUT2D eigenvalue weighted by atomic mass is 10.0. The fourth-order valence-electron chi connectivity index (χ4n) is 1.01. The van der Waals surface area contributed by atoms with E-state index in [2.05, 4.69) is 0 Å². The molecule has 0 heterocycles. The predicted octanol–water partition coefficient (Wildman–Crippen LogP) is 2.30. The Morgan fingerprint density at radius 1 is 1.46 bits per heavy atom. The van der Waals surface area contributed by atoms with Crippen molar-refractivity contribution in [3.63, 3.8) is 0 Å². The molecule has 3 nitrogen and oxygen atoms in total. The number of hydrogen-bond acceptors (Lipinski definition) is 2. The average molecular weight is 188 g/mol. The molecule has 0 rings (SSSR count). The van der Waals surface area contributed by atoms with Gasteiger partial charge in [-0.05, 0) is 33.6 Å². The predicted molar refractivity (Wildman–Crippen MR) is 51.7 cm³/mol. The molecular formula is C10H20O3. The Kier molecular flexibility index (Phi) is 4.99. The third-order valence-corrected chi connectivity index (χ3v) is 1.84. The van der Waals surface area contributed by atoms with Crippen molar-refractivity contribution in [3.05, 3.63) is 0 Å². The standard InChI is InChI=1S/C10H20O3/c1-5-8(9(11)12)6-7-13-10(2,3)4/h8H,5-7H2,1-4H3,(H,11,12). The molecule has 0 radical (unpaired) electrons. The normalized spacial score (nSPS) is 14.2. The maximum Gasteiger partial charge on any atom is 0.306 e. The van der Waals surface area contributed by atoms with Gasteiger partial charge >= 0.3 is 5.97 Å². The molecule has 0 aromatic carbocycles. The van der Waals surface area contributed by atoms with E-state index in [1.54, 1.807) is 0 Å². The summed E-state index contributed by atoms with van der Waals surface area (Å²) in [6.45, 7) is 8.31. The van der Waals surface area contributed by atoms with Crippen LogP contribution in [0.25, 0.3) is 0 Å². The first-order chi connectivity index (χ1) is 5.87. The Bertz CT molecular complexity index is 158. The highest BCUT2D eigenvalue weighted by molar-refractivity contribution is 5.69. The maximum atomic E-state index is 10.6. The van der Waals surface area contributed by atoms with Crippen LogP contribution in [0.1, 0.15) is 40.5 Å². The first-order valence-corrected chi connectivity index (χ1v) is 4.73. The molecule has 1 N–H and O–H groups in total. The molecule has 0 aliphatic rings. The molecule has 78 valence electrons. The number of hydrogen-bond donors (Lipinski definition) is 1. The van der Waals surface area contributed by atoms with Crippen molar-refractivity contribution < 1.29 is 14.6 Å². The van der Waals surface area contributed by atoms with Crippen molar-refractivity contribution in [2.45, 2.75) is 46.1 Å². The highest BCUT2D eigenvalue weighted by atomic mass is 16.5. The van der Waals surface area contributed by atoms with Crippen LogP contribution in [0, 0.1) is 5.92 Å². The first kappa shape index (κ1) is 12.4. The van der Waals surface area contributed by atoms with E-state index in [4.69, 9.17) is 9.84 Å². The molecule has 0 aromatic rings. The third-order valence-electron chi connectivity index (χ3n) is 1.84. The van der Waals surface area contributed by atoms with Gasteiger partial charge in [-0.1, -0.05) is 6.92 Å². The Morgan fingerprint density at radius 2 is 2.00 bits per heavy atom. The molecule has 3 heteroatoms. The molecule has 0 amide bonds. The van der Waals surface area contributed by atoms with Gasteiger partial charge in [-0.3, -0.25) is 4.79 Å².